The number of rotatable bonds is 2. The van der Waals surface area contributed by atoms with Gasteiger partial charge in [-0.25, -0.2) is 0 Å². The van der Waals surface area contributed by atoms with Crippen LogP contribution in [0.4, 0.5) is 0 Å². The lowest BCUT2D eigenvalue weighted by Gasteiger charge is -2.42. The molecule has 0 aliphatic heterocycles. The van der Waals surface area contributed by atoms with Gasteiger partial charge < -0.3 is 5.11 Å². The number of nitrogens with zero attached hydrogens (tertiary/aromatic N) is 1. The fourth-order valence-electron chi connectivity index (χ4n) is 4.04. The molecule has 1 saturated carbocycles. The van der Waals surface area contributed by atoms with E-state index in [0.29, 0.717) is 11.8 Å². The Morgan fingerprint density at radius 3 is 2.53 bits per heavy atom. The van der Waals surface area contributed by atoms with Crippen molar-refractivity contribution in [2.75, 3.05) is 0 Å². The number of aliphatic hydroxyl groups excluding tert-OH is 1. The molecule has 19 heavy (non-hydrogen) atoms. The van der Waals surface area contributed by atoms with E-state index in [4.69, 9.17) is 0 Å². The molecule has 3 atom stereocenters. The first kappa shape index (κ1) is 14.6. The van der Waals surface area contributed by atoms with Gasteiger partial charge in [0.25, 0.3) is 0 Å². The molecule has 0 spiro atoms. The van der Waals surface area contributed by atoms with Crippen LogP contribution in [0.5, 0.6) is 0 Å². The average Bonchev–Trinajstić information content (AvgIpc) is 2.38. The first-order valence-corrected chi connectivity index (χ1v) is 7.73. The van der Waals surface area contributed by atoms with Gasteiger partial charge in [0.1, 0.15) is 0 Å². The van der Waals surface area contributed by atoms with Crippen LogP contribution in [0.15, 0.2) is 11.6 Å². The predicted octanol–water partition coefficient (Wildman–Crippen LogP) is 4.06. The molecular weight excluding hydrogens is 234 g/mol. The summed E-state index contributed by atoms with van der Waals surface area (Å²) in [5.74, 6) is 1.51. The Bertz CT molecular complexity index is 385. The topological polar surface area (TPSA) is 44.0 Å². The Balaban J connectivity index is 2.11. The van der Waals surface area contributed by atoms with Gasteiger partial charge in [-0.2, -0.15) is 5.26 Å². The fourth-order valence-corrected chi connectivity index (χ4v) is 4.04. The molecule has 2 heteroatoms. The monoisotopic (exact) mass is 261 g/mol. The van der Waals surface area contributed by atoms with Crippen LogP contribution < -0.4 is 0 Å². The summed E-state index contributed by atoms with van der Waals surface area (Å²) in [6.07, 6.45) is 7.77. The normalized spacial score (nSPS) is 41.2. The summed E-state index contributed by atoms with van der Waals surface area (Å²) in [4.78, 5) is 0. The van der Waals surface area contributed by atoms with E-state index in [1.807, 2.05) is 0 Å². The molecule has 0 aromatic rings. The summed E-state index contributed by atoms with van der Waals surface area (Å²) < 4.78 is 0. The van der Waals surface area contributed by atoms with Crippen molar-refractivity contribution in [2.24, 2.45) is 23.2 Å². The minimum Gasteiger partial charge on any atom is -0.391 e. The molecular formula is C17H27NO. The molecule has 0 amide bonds. The van der Waals surface area contributed by atoms with Crippen LogP contribution in [0.3, 0.4) is 0 Å². The minimum absolute atomic E-state index is 0.271. The largest absolute Gasteiger partial charge is 0.391 e. The zero-order valence-corrected chi connectivity index (χ0v) is 12.5. The maximum absolute atomic E-state index is 10.8. The molecule has 106 valence electrons. The second-order valence-electron chi connectivity index (χ2n) is 7.09. The van der Waals surface area contributed by atoms with Gasteiger partial charge in [0.2, 0.25) is 0 Å². The summed E-state index contributed by atoms with van der Waals surface area (Å²) in [5.41, 5.74) is 0.897. The standard InChI is InChI=1S/C17H27NO/c1-12-4-6-17(11-18,7-5-12)16(19)15-9-13(2)8-14(3)10-15/h8,12-13,15-16,19H,4-7,9-10H2,1-3H3. The molecule has 1 N–H and O–H groups in total. The summed E-state index contributed by atoms with van der Waals surface area (Å²) in [6, 6.07) is 2.50. The van der Waals surface area contributed by atoms with E-state index in [2.05, 4.69) is 32.9 Å². The number of aliphatic hydroxyl groups is 1. The molecule has 3 unspecified atom stereocenters. The Morgan fingerprint density at radius 1 is 1.37 bits per heavy atom. The van der Waals surface area contributed by atoms with E-state index < -0.39 is 11.5 Å². The Hall–Kier alpha value is -0.810. The van der Waals surface area contributed by atoms with Gasteiger partial charge in [-0.1, -0.05) is 25.5 Å². The summed E-state index contributed by atoms with van der Waals surface area (Å²) in [7, 11) is 0. The molecule has 0 radical (unpaired) electrons. The van der Waals surface area contributed by atoms with Gasteiger partial charge in [-0.15, -0.1) is 0 Å². The van der Waals surface area contributed by atoms with Crippen molar-refractivity contribution in [1.82, 2.24) is 0 Å². The van der Waals surface area contributed by atoms with E-state index in [0.717, 1.165) is 38.5 Å². The quantitative estimate of drug-likeness (QED) is 0.762. The van der Waals surface area contributed by atoms with E-state index in [1.165, 1.54) is 5.57 Å². The molecule has 2 aliphatic carbocycles. The molecule has 1 fully saturated rings. The SMILES string of the molecule is CC1=CC(C)CC(C(O)C2(C#N)CCC(C)CC2)C1. The fraction of sp³-hybridized carbons (Fsp3) is 0.824. The minimum atomic E-state index is -0.478. The maximum Gasteiger partial charge on any atom is 0.0835 e. The van der Waals surface area contributed by atoms with Crippen LogP contribution >= 0.6 is 0 Å². The highest BCUT2D eigenvalue weighted by molar-refractivity contribution is 5.13. The van der Waals surface area contributed by atoms with Crippen molar-refractivity contribution >= 4 is 0 Å². The first-order chi connectivity index (χ1) is 8.97. The smallest absolute Gasteiger partial charge is 0.0835 e. The Labute approximate surface area is 117 Å². The van der Waals surface area contributed by atoms with Crippen LogP contribution in [0, 0.1) is 34.5 Å². The van der Waals surface area contributed by atoms with Crippen LogP contribution in [-0.4, -0.2) is 11.2 Å². The predicted molar refractivity (Wildman–Crippen MR) is 77.3 cm³/mol. The lowest BCUT2D eigenvalue weighted by molar-refractivity contribution is -0.0209. The third-order valence-corrected chi connectivity index (χ3v) is 5.23. The van der Waals surface area contributed by atoms with E-state index in [-0.39, 0.29) is 5.92 Å². The molecule has 2 rings (SSSR count). The van der Waals surface area contributed by atoms with Crippen LogP contribution in [0.25, 0.3) is 0 Å². The number of nitriles is 1. The van der Waals surface area contributed by atoms with Crippen LogP contribution in [0.1, 0.15) is 59.3 Å². The zero-order valence-electron chi connectivity index (χ0n) is 12.5. The van der Waals surface area contributed by atoms with Gasteiger partial charge in [-0.05, 0) is 63.2 Å². The highest BCUT2D eigenvalue weighted by atomic mass is 16.3. The van der Waals surface area contributed by atoms with Gasteiger partial charge in [0.05, 0.1) is 17.6 Å². The molecule has 2 nitrogen and oxygen atoms in total. The first-order valence-electron chi connectivity index (χ1n) is 7.73. The lowest BCUT2D eigenvalue weighted by Crippen LogP contribution is -2.43. The molecule has 0 saturated heterocycles. The Morgan fingerprint density at radius 2 is 2.00 bits per heavy atom. The van der Waals surface area contributed by atoms with Crippen molar-refractivity contribution in [3.05, 3.63) is 11.6 Å². The van der Waals surface area contributed by atoms with E-state index in [1.54, 1.807) is 0 Å². The van der Waals surface area contributed by atoms with Gasteiger partial charge in [0.15, 0.2) is 0 Å². The zero-order chi connectivity index (χ0) is 14.0. The van der Waals surface area contributed by atoms with Crippen LogP contribution in [0.2, 0.25) is 0 Å². The van der Waals surface area contributed by atoms with Gasteiger partial charge in [0, 0.05) is 0 Å². The second-order valence-corrected chi connectivity index (χ2v) is 7.09. The van der Waals surface area contributed by atoms with Crippen molar-refractivity contribution in [3.63, 3.8) is 0 Å². The Kier molecular flexibility index (Phi) is 4.36. The summed E-state index contributed by atoms with van der Waals surface area (Å²) in [6.45, 7) is 6.62. The van der Waals surface area contributed by atoms with Crippen LogP contribution in [-0.2, 0) is 0 Å². The molecule has 0 heterocycles. The van der Waals surface area contributed by atoms with Crippen molar-refractivity contribution in [1.29, 1.82) is 5.26 Å². The van der Waals surface area contributed by atoms with Gasteiger partial charge in [-0.3, -0.25) is 0 Å². The van der Waals surface area contributed by atoms with Crippen molar-refractivity contribution in [2.45, 2.75) is 65.4 Å². The van der Waals surface area contributed by atoms with Crippen molar-refractivity contribution < 1.29 is 5.11 Å². The van der Waals surface area contributed by atoms with E-state index in [9.17, 15) is 10.4 Å². The molecule has 2 aliphatic rings. The lowest BCUT2D eigenvalue weighted by atomic mass is 9.63. The highest BCUT2D eigenvalue weighted by Crippen LogP contribution is 2.46. The molecule has 0 aromatic heterocycles. The second kappa shape index (κ2) is 5.67. The van der Waals surface area contributed by atoms with Crippen molar-refractivity contribution in [3.8, 4) is 6.07 Å². The third-order valence-electron chi connectivity index (χ3n) is 5.23. The number of allylic oxidation sites excluding steroid dienone is 2. The van der Waals surface area contributed by atoms with Gasteiger partial charge >= 0.3 is 0 Å². The molecule has 0 bridgehead atoms. The summed E-state index contributed by atoms with van der Waals surface area (Å²) >= 11 is 0. The number of hydrogen-bond donors (Lipinski definition) is 1. The molecule has 0 aromatic carbocycles. The number of hydrogen-bond acceptors (Lipinski definition) is 2. The third kappa shape index (κ3) is 3.03. The van der Waals surface area contributed by atoms with E-state index >= 15 is 0 Å². The maximum atomic E-state index is 10.8. The summed E-state index contributed by atoms with van der Waals surface area (Å²) in [5, 5.41) is 20.5. The highest BCUT2D eigenvalue weighted by Gasteiger charge is 2.44. The average molecular weight is 261 g/mol.